The maximum atomic E-state index is 15.0. The van der Waals surface area contributed by atoms with Crippen molar-refractivity contribution in [2.24, 2.45) is 0 Å². The van der Waals surface area contributed by atoms with Gasteiger partial charge in [-0.3, -0.25) is 4.98 Å². The fourth-order valence-electron chi connectivity index (χ4n) is 3.28. The zero-order valence-electron chi connectivity index (χ0n) is 13.6. The first-order valence-corrected chi connectivity index (χ1v) is 7.84. The number of nitrogens with zero attached hydrogens (tertiary/aromatic N) is 1. The zero-order chi connectivity index (χ0) is 15.5. The van der Waals surface area contributed by atoms with Crippen LogP contribution in [0.15, 0.2) is 6.20 Å². The highest BCUT2D eigenvalue weighted by Gasteiger charge is 2.30. The number of ether oxygens (including phenoxy) is 1. The number of alkyl halides is 1. The molecular weight excluding hydrogens is 267 g/mol. The molecule has 1 fully saturated rings. The van der Waals surface area contributed by atoms with Gasteiger partial charge in [0.15, 0.2) is 0 Å². The van der Waals surface area contributed by atoms with Crippen molar-refractivity contribution in [2.75, 3.05) is 13.7 Å². The van der Waals surface area contributed by atoms with E-state index in [1.165, 1.54) is 12.8 Å². The van der Waals surface area contributed by atoms with Gasteiger partial charge in [0, 0.05) is 29.8 Å². The smallest absolute Gasteiger partial charge is 0.128 e. The molecule has 1 aliphatic heterocycles. The fourth-order valence-corrected chi connectivity index (χ4v) is 3.28. The highest BCUT2D eigenvalue weighted by molar-refractivity contribution is 5.41. The Morgan fingerprint density at radius 3 is 2.81 bits per heavy atom. The van der Waals surface area contributed by atoms with Crippen molar-refractivity contribution in [1.29, 1.82) is 0 Å². The van der Waals surface area contributed by atoms with E-state index in [4.69, 9.17) is 4.74 Å². The van der Waals surface area contributed by atoms with E-state index >= 15 is 0 Å². The minimum atomic E-state index is -1.24. The SMILES string of the molecule is COc1c(C)cnc(CC(C)(F)CC2CCCCN2)c1C. The summed E-state index contributed by atoms with van der Waals surface area (Å²) in [6.45, 7) is 6.62. The van der Waals surface area contributed by atoms with Crippen LogP contribution >= 0.6 is 0 Å². The summed E-state index contributed by atoms with van der Waals surface area (Å²) in [5.41, 5.74) is 1.51. The van der Waals surface area contributed by atoms with Crippen LogP contribution in [0.4, 0.5) is 4.39 Å². The number of nitrogens with one attached hydrogen (secondary N) is 1. The van der Waals surface area contributed by atoms with E-state index in [1.54, 1.807) is 20.2 Å². The highest BCUT2D eigenvalue weighted by Crippen LogP contribution is 2.30. The second kappa shape index (κ2) is 6.73. The molecule has 0 bridgehead atoms. The molecule has 2 unspecified atom stereocenters. The average molecular weight is 294 g/mol. The van der Waals surface area contributed by atoms with Crippen LogP contribution in [-0.4, -0.2) is 30.3 Å². The highest BCUT2D eigenvalue weighted by atomic mass is 19.1. The summed E-state index contributed by atoms with van der Waals surface area (Å²) < 4.78 is 20.4. The van der Waals surface area contributed by atoms with Crippen LogP contribution in [0, 0.1) is 13.8 Å². The van der Waals surface area contributed by atoms with Crippen LogP contribution < -0.4 is 10.1 Å². The van der Waals surface area contributed by atoms with Crippen molar-refractivity contribution in [3.63, 3.8) is 0 Å². The summed E-state index contributed by atoms with van der Waals surface area (Å²) in [6, 6.07) is 0.293. The lowest BCUT2D eigenvalue weighted by Crippen LogP contribution is -2.40. The third-order valence-corrected chi connectivity index (χ3v) is 4.37. The first-order chi connectivity index (χ1) is 9.93. The summed E-state index contributed by atoms with van der Waals surface area (Å²) in [5, 5.41) is 3.42. The standard InChI is InChI=1S/C17H27FN2O/c1-12-11-20-15(13(2)16(12)21-4)10-17(3,18)9-14-7-5-6-8-19-14/h11,14,19H,5-10H2,1-4H3. The Bertz CT molecular complexity index is 482. The lowest BCUT2D eigenvalue weighted by Gasteiger charge is -2.30. The molecule has 3 nitrogen and oxygen atoms in total. The molecule has 2 rings (SSSR count). The molecule has 0 aliphatic carbocycles. The first kappa shape index (κ1) is 16.2. The number of hydrogen-bond donors (Lipinski definition) is 1. The van der Waals surface area contributed by atoms with E-state index < -0.39 is 5.67 Å². The van der Waals surface area contributed by atoms with Crippen LogP contribution in [0.2, 0.25) is 0 Å². The van der Waals surface area contributed by atoms with E-state index in [0.717, 1.165) is 35.5 Å². The molecule has 1 N–H and O–H groups in total. The minimum absolute atomic E-state index is 0.293. The molecule has 1 saturated heterocycles. The van der Waals surface area contributed by atoms with Crippen LogP contribution in [0.3, 0.4) is 0 Å². The Kier molecular flexibility index (Phi) is 5.20. The summed E-state index contributed by atoms with van der Waals surface area (Å²) >= 11 is 0. The van der Waals surface area contributed by atoms with Gasteiger partial charge < -0.3 is 10.1 Å². The summed E-state index contributed by atoms with van der Waals surface area (Å²) in [7, 11) is 1.65. The van der Waals surface area contributed by atoms with Gasteiger partial charge in [-0.1, -0.05) is 6.42 Å². The Morgan fingerprint density at radius 1 is 1.43 bits per heavy atom. The van der Waals surface area contributed by atoms with Crippen molar-refractivity contribution in [2.45, 2.75) is 64.6 Å². The molecule has 0 aromatic carbocycles. The van der Waals surface area contributed by atoms with Gasteiger partial charge in [0.2, 0.25) is 0 Å². The second-order valence-corrected chi connectivity index (χ2v) is 6.49. The maximum absolute atomic E-state index is 15.0. The van der Waals surface area contributed by atoms with E-state index in [9.17, 15) is 4.39 Å². The van der Waals surface area contributed by atoms with Gasteiger partial charge in [0.05, 0.1) is 12.8 Å². The number of rotatable bonds is 5. The van der Waals surface area contributed by atoms with E-state index in [-0.39, 0.29) is 0 Å². The van der Waals surface area contributed by atoms with Gasteiger partial charge in [-0.25, -0.2) is 4.39 Å². The normalized spacial score (nSPS) is 21.9. The van der Waals surface area contributed by atoms with Gasteiger partial charge in [0.25, 0.3) is 0 Å². The van der Waals surface area contributed by atoms with Crippen molar-refractivity contribution in [3.05, 3.63) is 23.0 Å². The number of hydrogen-bond acceptors (Lipinski definition) is 3. The predicted molar refractivity (Wildman–Crippen MR) is 83.7 cm³/mol. The van der Waals surface area contributed by atoms with Gasteiger partial charge in [-0.2, -0.15) is 0 Å². The Hall–Kier alpha value is -1.16. The van der Waals surface area contributed by atoms with Crippen molar-refractivity contribution < 1.29 is 9.13 Å². The Morgan fingerprint density at radius 2 is 2.19 bits per heavy atom. The molecule has 118 valence electrons. The molecular formula is C17H27FN2O. The maximum Gasteiger partial charge on any atom is 0.128 e. The molecule has 0 amide bonds. The van der Waals surface area contributed by atoms with E-state index in [2.05, 4.69) is 10.3 Å². The lowest BCUT2D eigenvalue weighted by molar-refractivity contribution is 0.144. The summed E-state index contributed by atoms with van der Waals surface area (Å²) in [5.74, 6) is 0.826. The largest absolute Gasteiger partial charge is 0.496 e. The number of aromatic nitrogens is 1. The topological polar surface area (TPSA) is 34.1 Å². The molecule has 0 saturated carbocycles. The number of pyridine rings is 1. The third kappa shape index (κ3) is 4.16. The molecule has 2 atom stereocenters. The molecule has 1 aromatic rings. The van der Waals surface area contributed by atoms with Crippen molar-refractivity contribution >= 4 is 0 Å². The fraction of sp³-hybridized carbons (Fsp3) is 0.706. The van der Waals surface area contributed by atoms with Crippen LogP contribution in [-0.2, 0) is 6.42 Å². The van der Waals surface area contributed by atoms with E-state index in [0.29, 0.717) is 18.9 Å². The number of halogens is 1. The molecule has 2 heterocycles. The molecule has 1 aliphatic rings. The van der Waals surface area contributed by atoms with Crippen LogP contribution in [0.1, 0.15) is 49.4 Å². The number of aryl methyl sites for hydroxylation is 1. The Balaban J connectivity index is 2.08. The quantitative estimate of drug-likeness (QED) is 0.902. The van der Waals surface area contributed by atoms with E-state index in [1.807, 2.05) is 13.8 Å². The van der Waals surface area contributed by atoms with Crippen LogP contribution in [0.25, 0.3) is 0 Å². The van der Waals surface area contributed by atoms with Gasteiger partial charge in [-0.05, 0) is 46.6 Å². The molecule has 4 heteroatoms. The second-order valence-electron chi connectivity index (χ2n) is 6.49. The first-order valence-electron chi connectivity index (χ1n) is 7.84. The molecule has 0 spiro atoms. The molecule has 21 heavy (non-hydrogen) atoms. The molecule has 1 aromatic heterocycles. The number of methoxy groups -OCH3 is 1. The number of piperidine rings is 1. The van der Waals surface area contributed by atoms with Gasteiger partial charge in [-0.15, -0.1) is 0 Å². The average Bonchev–Trinajstić information content (AvgIpc) is 2.43. The molecule has 0 radical (unpaired) electrons. The minimum Gasteiger partial charge on any atom is -0.496 e. The predicted octanol–water partition coefficient (Wildman–Crippen LogP) is 3.51. The van der Waals surface area contributed by atoms with Gasteiger partial charge >= 0.3 is 0 Å². The van der Waals surface area contributed by atoms with Gasteiger partial charge in [0.1, 0.15) is 11.4 Å². The van der Waals surface area contributed by atoms with Crippen molar-refractivity contribution in [3.8, 4) is 5.75 Å². The van der Waals surface area contributed by atoms with Crippen LogP contribution in [0.5, 0.6) is 5.75 Å². The monoisotopic (exact) mass is 294 g/mol. The summed E-state index contributed by atoms with van der Waals surface area (Å²) in [6.07, 6.45) is 6.13. The lowest BCUT2D eigenvalue weighted by atomic mass is 9.88. The third-order valence-electron chi connectivity index (χ3n) is 4.37. The zero-order valence-corrected chi connectivity index (χ0v) is 13.6. The Labute approximate surface area is 127 Å². The summed E-state index contributed by atoms with van der Waals surface area (Å²) in [4.78, 5) is 4.42. The van der Waals surface area contributed by atoms with Crippen molar-refractivity contribution in [1.82, 2.24) is 10.3 Å².